The number of aliphatic hydroxyl groups excluding tert-OH is 6. The molecule has 2 heterocycles. The number of carbonyl (C=O) groups is 1. The maximum atomic E-state index is 10.9. The van der Waals surface area contributed by atoms with Crippen LogP contribution in [0.5, 0.6) is 0 Å². The van der Waals surface area contributed by atoms with Crippen molar-refractivity contribution in [2.24, 2.45) is 0 Å². The molecule has 0 bridgehead atoms. The number of carboxylic acid groups (broad SMARTS) is 1. The van der Waals surface area contributed by atoms with Crippen molar-refractivity contribution in [3.05, 3.63) is 0 Å². The van der Waals surface area contributed by atoms with Gasteiger partial charge in [0.1, 0.15) is 42.7 Å². The minimum absolute atomic E-state index is 0.677. The van der Waals surface area contributed by atoms with Crippen LogP contribution in [0.4, 0.5) is 0 Å². The zero-order valence-electron chi connectivity index (χ0n) is 12.4. The first-order chi connectivity index (χ1) is 11.2. The topological polar surface area (TPSA) is 217 Å². The van der Waals surface area contributed by atoms with Crippen LogP contribution in [0.25, 0.3) is 0 Å². The molecule has 2 saturated heterocycles. The molecule has 2 aliphatic rings. The average molecular weight is 355 g/mol. The molecule has 2 fully saturated rings. The standard InChI is InChI=1S/C12H21NO11/c13-3-4(15)8(2(1-14)22-11(3)21)23-12-7(18)5(16)6(17)9(24-12)10(19)20/h2-9,11-12,14-18,21H,1,13H2,(H,19,20)/t2-,3-,4-,5+,6+,7-,8-,9-,11+,12-/m1/s1. The van der Waals surface area contributed by atoms with Crippen molar-refractivity contribution < 1.29 is 60.5 Å². The summed E-state index contributed by atoms with van der Waals surface area (Å²) in [6.45, 7) is -0.677. The molecule has 0 spiro atoms. The van der Waals surface area contributed by atoms with Crippen molar-refractivity contribution in [2.45, 2.75) is 61.3 Å². The summed E-state index contributed by atoms with van der Waals surface area (Å²) in [7, 11) is 0. The van der Waals surface area contributed by atoms with Crippen LogP contribution >= 0.6 is 0 Å². The van der Waals surface area contributed by atoms with Crippen LogP contribution < -0.4 is 10.8 Å². The molecule has 0 aromatic rings. The monoisotopic (exact) mass is 355 g/mol. The third-order valence-electron chi connectivity index (χ3n) is 4.10. The Kier molecular flexibility index (Phi) is 6.09. The third-order valence-corrected chi connectivity index (χ3v) is 4.10. The molecule has 0 radical (unpaired) electrons. The number of carboxylic acids is 1. The van der Waals surface area contributed by atoms with Gasteiger partial charge in [0.15, 0.2) is 12.3 Å². The number of rotatable bonds is 4. The molecule has 10 atom stereocenters. The number of hydrogen-bond acceptors (Lipinski definition) is 11. The molecule has 0 aromatic heterocycles. The van der Waals surface area contributed by atoms with E-state index in [1.807, 2.05) is 0 Å². The van der Waals surface area contributed by atoms with Crippen LogP contribution in [0.3, 0.4) is 0 Å². The molecule has 0 amide bonds. The highest BCUT2D eigenvalue weighted by Gasteiger charge is 2.51. The average Bonchev–Trinajstić information content (AvgIpc) is 2.54. The van der Waals surface area contributed by atoms with E-state index in [-0.39, 0.29) is 0 Å². The molecular weight excluding hydrogens is 334 g/mol. The first-order valence-corrected chi connectivity index (χ1v) is 7.20. The van der Waals surface area contributed by atoms with Crippen LogP contribution in [-0.4, -0.2) is 105 Å². The molecule has 12 heteroatoms. The number of aliphatic carboxylic acids is 1. The van der Waals surface area contributed by atoms with Gasteiger partial charge in [-0.2, -0.15) is 0 Å². The predicted octanol–water partition coefficient (Wildman–Crippen LogP) is -7.39. The summed E-state index contributed by atoms with van der Waals surface area (Å²) in [4.78, 5) is 10.9. The lowest BCUT2D eigenvalue weighted by atomic mass is 9.96. The fourth-order valence-corrected chi connectivity index (χ4v) is 2.61. The lowest BCUT2D eigenvalue weighted by molar-refractivity contribution is -0.502. The molecule has 2 rings (SSSR count). The van der Waals surface area contributed by atoms with E-state index in [1.54, 1.807) is 0 Å². The molecule has 140 valence electrons. The van der Waals surface area contributed by atoms with Crippen LogP contribution in [0.2, 0.25) is 0 Å². The number of aliphatic hydroxyl groups is 6. The van der Waals surface area contributed by atoms with E-state index >= 15 is 0 Å². The molecule has 9 N–H and O–H groups in total. The molecule has 12 nitrogen and oxygen atoms in total. The summed E-state index contributed by atoms with van der Waals surface area (Å²) in [5, 5.41) is 69.0. The highest BCUT2D eigenvalue weighted by molar-refractivity contribution is 5.71. The zero-order valence-corrected chi connectivity index (χ0v) is 12.4. The highest BCUT2D eigenvalue weighted by Crippen LogP contribution is 2.27. The Morgan fingerprint density at radius 3 is 2.21 bits per heavy atom. The van der Waals surface area contributed by atoms with Gasteiger partial charge in [0, 0.05) is 0 Å². The Bertz CT molecular complexity index is 449. The largest absolute Gasteiger partial charge is 0.547 e. The van der Waals surface area contributed by atoms with Crippen molar-refractivity contribution in [1.82, 2.24) is 0 Å². The molecule has 2 aliphatic heterocycles. The number of carbonyl (C=O) groups excluding carboxylic acids is 1. The fraction of sp³-hybridized carbons (Fsp3) is 0.917. The second-order valence-electron chi connectivity index (χ2n) is 5.72. The second-order valence-corrected chi connectivity index (χ2v) is 5.72. The Hall–Kier alpha value is -0.930. The maximum Gasteiger partial charge on any atom is 0.211 e. The summed E-state index contributed by atoms with van der Waals surface area (Å²) < 4.78 is 15.1. The Morgan fingerprint density at radius 1 is 1.04 bits per heavy atom. The number of ether oxygens (including phenoxy) is 3. The van der Waals surface area contributed by atoms with Gasteiger partial charge in [-0.15, -0.1) is 0 Å². The molecule has 0 unspecified atom stereocenters. The second kappa shape index (κ2) is 7.53. The smallest absolute Gasteiger partial charge is 0.211 e. The van der Waals surface area contributed by atoms with Crippen LogP contribution in [0.1, 0.15) is 0 Å². The van der Waals surface area contributed by atoms with Crippen LogP contribution in [0.15, 0.2) is 0 Å². The molecular formula is C12H21NO11. The minimum Gasteiger partial charge on any atom is -0.547 e. The first kappa shape index (κ1) is 19.4. The highest BCUT2D eigenvalue weighted by atomic mass is 16.7. The fourth-order valence-electron chi connectivity index (χ4n) is 2.61. The van der Waals surface area contributed by atoms with E-state index in [2.05, 4.69) is 5.73 Å². The number of quaternary nitrogens is 1. The van der Waals surface area contributed by atoms with Crippen molar-refractivity contribution in [3.63, 3.8) is 0 Å². The van der Waals surface area contributed by atoms with Gasteiger partial charge >= 0.3 is 0 Å². The van der Waals surface area contributed by atoms with Crippen molar-refractivity contribution in [3.8, 4) is 0 Å². The van der Waals surface area contributed by atoms with Gasteiger partial charge in [0.25, 0.3) is 0 Å². The van der Waals surface area contributed by atoms with Gasteiger partial charge in [-0.3, -0.25) is 0 Å². The van der Waals surface area contributed by atoms with E-state index < -0.39 is 73.9 Å². The summed E-state index contributed by atoms with van der Waals surface area (Å²) in [6, 6.07) is -1.06. The Morgan fingerprint density at radius 2 is 1.67 bits per heavy atom. The van der Waals surface area contributed by atoms with Gasteiger partial charge in [0.2, 0.25) is 6.29 Å². The van der Waals surface area contributed by atoms with Gasteiger partial charge in [-0.25, -0.2) is 0 Å². The zero-order chi connectivity index (χ0) is 18.2. The minimum atomic E-state index is -1.98. The SMILES string of the molecule is [NH3+][C@@H]1[C@@H](O)[C@H](O[C@@H]2O[C@@H](C(=O)[O-])[C@@H](O)[C@H](O)[C@H]2O)[C@@H](CO)O[C@@H]1O. The predicted molar refractivity (Wildman–Crippen MR) is 67.2 cm³/mol. The lowest BCUT2D eigenvalue weighted by Gasteiger charge is -2.45. The lowest BCUT2D eigenvalue weighted by Crippen LogP contribution is -2.78. The summed E-state index contributed by atoms with van der Waals surface area (Å²) in [6.07, 6.45) is -15.0. The van der Waals surface area contributed by atoms with E-state index in [1.165, 1.54) is 0 Å². The van der Waals surface area contributed by atoms with Gasteiger partial charge in [-0.05, 0) is 0 Å². The summed E-state index contributed by atoms with van der Waals surface area (Å²) in [5.74, 6) is -1.84. The van der Waals surface area contributed by atoms with Crippen molar-refractivity contribution in [1.29, 1.82) is 0 Å². The van der Waals surface area contributed by atoms with Crippen molar-refractivity contribution in [2.75, 3.05) is 6.61 Å². The summed E-state index contributed by atoms with van der Waals surface area (Å²) in [5.41, 5.74) is 3.48. The van der Waals surface area contributed by atoms with E-state index in [0.29, 0.717) is 0 Å². The first-order valence-electron chi connectivity index (χ1n) is 7.20. The third kappa shape index (κ3) is 3.52. The van der Waals surface area contributed by atoms with Gasteiger partial charge < -0.3 is 60.5 Å². The van der Waals surface area contributed by atoms with E-state index in [9.17, 15) is 40.5 Å². The van der Waals surface area contributed by atoms with Crippen LogP contribution in [-0.2, 0) is 19.0 Å². The van der Waals surface area contributed by atoms with Gasteiger partial charge in [-0.1, -0.05) is 0 Å². The quantitative estimate of drug-likeness (QED) is 0.251. The molecule has 0 aliphatic carbocycles. The molecule has 0 saturated carbocycles. The summed E-state index contributed by atoms with van der Waals surface area (Å²) >= 11 is 0. The normalized spacial score (nSPS) is 49.8. The van der Waals surface area contributed by atoms with E-state index in [4.69, 9.17) is 14.2 Å². The van der Waals surface area contributed by atoms with Gasteiger partial charge in [0.05, 0.1) is 12.6 Å². The van der Waals surface area contributed by atoms with Crippen LogP contribution in [0, 0.1) is 0 Å². The van der Waals surface area contributed by atoms with Crippen molar-refractivity contribution >= 4 is 5.97 Å². The Labute approximate surface area is 135 Å². The van der Waals surface area contributed by atoms with E-state index in [0.717, 1.165) is 0 Å². The molecule has 24 heavy (non-hydrogen) atoms. The molecule has 0 aromatic carbocycles. The maximum absolute atomic E-state index is 10.9. The number of hydrogen-bond donors (Lipinski definition) is 7. The Balaban J connectivity index is 2.16.